The second-order valence-electron chi connectivity index (χ2n) is 11.5. The highest BCUT2D eigenvalue weighted by Gasteiger charge is 2.56. The third-order valence-electron chi connectivity index (χ3n) is 7.93. The lowest BCUT2D eigenvalue weighted by Crippen LogP contribution is -2.43. The van der Waals surface area contributed by atoms with Crippen molar-refractivity contribution in [2.75, 3.05) is 31.2 Å². The number of fused-ring (bicyclic) bond motifs is 2. The SMILES string of the molecule is CC(C)(C)c1ccc(C2c3sc(=O)n(CC(=O)N4CCOCC4)c3SC3C(=O)N(c4ccc(Cl)cc4)C(=O)C32)cc1. The fourth-order valence-electron chi connectivity index (χ4n) is 5.70. The van der Waals surface area contributed by atoms with Gasteiger partial charge in [0.15, 0.2) is 0 Å². The van der Waals surface area contributed by atoms with E-state index in [1.807, 2.05) is 24.3 Å². The number of aromatic nitrogens is 1. The van der Waals surface area contributed by atoms with Gasteiger partial charge in [0.1, 0.15) is 11.8 Å². The Labute approximate surface area is 251 Å². The number of amides is 3. The molecule has 2 saturated heterocycles. The number of carbonyl (C=O) groups is 3. The van der Waals surface area contributed by atoms with E-state index >= 15 is 0 Å². The monoisotopic (exact) mass is 611 g/mol. The molecule has 3 unspecified atom stereocenters. The third kappa shape index (κ3) is 5.05. The standard InChI is InChI=1S/C30H30ClN3O5S2/c1-30(2,3)18-6-4-17(5-7-18)22-23-24(27(37)34(26(23)36)20-10-8-19(31)9-11-20)40-28-25(22)41-29(38)33(28)16-21(35)32-12-14-39-15-13-32/h4-11,22-24H,12-16H2,1-3H3. The Bertz CT molecular complexity index is 1570. The van der Waals surface area contributed by atoms with E-state index in [2.05, 4.69) is 20.8 Å². The summed E-state index contributed by atoms with van der Waals surface area (Å²) in [6.45, 7) is 8.16. The molecule has 0 saturated carbocycles. The summed E-state index contributed by atoms with van der Waals surface area (Å²) in [5.41, 5.74) is 2.40. The van der Waals surface area contributed by atoms with Crippen molar-refractivity contribution in [3.05, 3.63) is 79.2 Å². The lowest BCUT2D eigenvalue weighted by molar-refractivity contribution is -0.136. The van der Waals surface area contributed by atoms with E-state index in [1.54, 1.807) is 29.2 Å². The maximum Gasteiger partial charge on any atom is 0.308 e. The highest BCUT2D eigenvalue weighted by atomic mass is 35.5. The molecule has 0 radical (unpaired) electrons. The zero-order chi connectivity index (χ0) is 29.1. The zero-order valence-electron chi connectivity index (χ0n) is 23.0. The number of imide groups is 1. The molecule has 0 bridgehead atoms. The normalized spacial score (nSPS) is 22.6. The van der Waals surface area contributed by atoms with Crippen molar-refractivity contribution < 1.29 is 19.1 Å². The van der Waals surface area contributed by atoms with Gasteiger partial charge in [0.2, 0.25) is 17.7 Å². The molecule has 3 aromatic rings. The van der Waals surface area contributed by atoms with E-state index in [0.29, 0.717) is 42.0 Å². The van der Waals surface area contributed by atoms with Gasteiger partial charge >= 0.3 is 4.87 Å². The van der Waals surface area contributed by atoms with Crippen LogP contribution in [0.1, 0.15) is 42.7 Å². The molecule has 8 nitrogen and oxygen atoms in total. The molecule has 11 heteroatoms. The van der Waals surface area contributed by atoms with Gasteiger partial charge in [-0.05, 0) is 40.8 Å². The molecule has 3 aliphatic heterocycles. The summed E-state index contributed by atoms with van der Waals surface area (Å²) in [6, 6.07) is 14.7. The molecule has 0 N–H and O–H groups in total. The van der Waals surface area contributed by atoms with Crippen LogP contribution in [-0.4, -0.2) is 58.7 Å². The number of morpholine rings is 1. The number of anilines is 1. The maximum atomic E-state index is 14.0. The smallest absolute Gasteiger partial charge is 0.308 e. The minimum atomic E-state index is -0.739. The van der Waals surface area contributed by atoms with E-state index in [9.17, 15) is 19.2 Å². The number of rotatable bonds is 4. The first-order valence-electron chi connectivity index (χ1n) is 13.5. The predicted molar refractivity (Wildman–Crippen MR) is 160 cm³/mol. The van der Waals surface area contributed by atoms with Gasteiger partial charge in [-0.25, -0.2) is 4.90 Å². The fourth-order valence-corrected chi connectivity index (χ4v) is 8.60. The molecule has 1 aromatic heterocycles. The predicted octanol–water partition coefficient (Wildman–Crippen LogP) is 4.52. The maximum absolute atomic E-state index is 14.0. The number of thioether (sulfide) groups is 1. The summed E-state index contributed by atoms with van der Waals surface area (Å²) in [7, 11) is 0. The summed E-state index contributed by atoms with van der Waals surface area (Å²) in [4.78, 5) is 57.8. The zero-order valence-corrected chi connectivity index (χ0v) is 25.4. The van der Waals surface area contributed by atoms with Gasteiger partial charge in [0.05, 0.1) is 29.8 Å². The summed E-state index contributed by atoms with van der Waals surface area (Å²) < 4.78 is 6.85. The molecular formula is C30H30ClN3O5S2. The van der Waals surface area contributed by atoms with E-state index in [4.69, 9.17) is 16.3 Å². The van der Waals surface area contributed by atoms with Gasteiger partial charge in [-0.15, -0.1) is 0 Å². The fraction of sp³-hybridized carbons (Fsp3) is 0.400. The average Bonchev–Trinajstić information content (AvgIpc) is 3.40. The van der Waals surface area contributed by atoms with Gasteiger partial charge in [-0.3, -0.25) is 23.7 Å². The van der Waals surface area contributed by atoms with Crippen LogP contribution in [0.3, 0.4) is 0 Å². The van der Waals surface area contributed by atoms with Gasteiger partial charge < -0.3 is 9.64 Å². The Hall–Kier alpha value is -2.92. The second kappa shape index (κ2) is 10.7. The van der Waals surface area contributed by atoms with Gasteiger partial charge in [0.25, 0.3) is 0 Å². The summed E-state index contributed by atoms with van der Waals surface area (Å²) in [6.07, 6.45) is 0. The first-order valence-corrected chi connectivity index (χ1v) is 15.6. The summed E-state index contributed by atoms with van der Waals surface area (Å²) >= 11 is 8.36. The molecule has 2 aromatic carbocycles. The molecule has 4 heterocycles. The molecule has 3 atom stereocenters. The van der Waals surface area contributed by atoms with Crippen molar-refractivity contribution in [3.8, 4) is 0 Å². The van der Waals surface area contributed by atoms with Crippen LogP contribution in [0.15, 0.2) is 58.4 Å². The average molecular weight is 612 g/mol. The first kappa shape index (κ1) is 28.2. The Morgan fingerprint density at radius 3 is 2.27 bits per heavy atom. The Morgan fingerprint density at radius 2 is 1.63 bits per heavy atom. The van der Waals surface area contributed by atoms with Crippen LogP contribution in [-0.2, 0) is 31.1 Å². The molecule has 0 spiro atoms. The van der Waals surface area contributed by atoms with Crippen molar-refractivity contribution in [3.63, 3.8) is 0 Å². The van der Waals surface area contributed by atoms with Crippen molar-refractivity contribution in [1.82, 2.24) is 9.47 Å². The molecule has 3 amide bonds. The summed E-state index contributed by atoms with van der Waals surface area (Å²) in [5, 5.41) is 0.358. The number of hydrogen-bond acceptors (Lipinski definition) is 7. The van der Waals surface area contributed by atoms with Crippen molar-refractivity contribution >= 4 is 58.1 Å². The van der Waals surface area contributed by atoms with Crippen LogP contribution in [0.4, 0.5) is 5.69 Å². The molecule has 41 heavy (non-hydrogen) atoms. The molecule has 3 aliphatic rings. The highest BCUT2D eigenvalue weighted by molar-refractivity contribution is 8.00. The topological polar surface area (TPSA) is 88.9 Å². The second-order valence-corrected chi connectivity index (χ2v) is 14.1. The molecule has 6 rings (SSSR count). The van der Waals surface area contributed by atoms with E-state index in [1.165, 1.54) is 21.2 Å². The quantitative estimate of drug-likeness (QED) is 0.403. The van der Waals surface area contributed by atoms with E-state index in [0.717, 1.165) is 27.3 Å². The van der Waals surface area contributed by atoms with Crippen molar-refractivity contribution in [2.45, 2.75) is 48.9 Å². The number of halogens is 1. The molecule has 0 aliphatic carbocycles. The van der Waals surface area contributed by atoms with E-state index < -0.39 is 17.1 Å². The van der Waals surface area contributed by atoms with Gasteiger partial charge in [-0.1, -0.05) is 79.7 Å². The number of benzene rings is 2. The van der Waals surface area contributed by atoms with Crippen LogP contribution >= 0.6 is 34.7 Å². The Balaban J connectivity index is 1.44. The lowest BCUT2D eigenvalue weighted by atomic mass is 9.81. The molecular weight excluding hydrogens is 582 g/mol. The molecule has 2 fully saturated rings. The number of ether oxygens (including phenoxy) is 1. The van der Waals surface area contributed by atoms with Gasteiger partial charge in [0, 0.05) is 28.9 Å². The number of nitrogens with zero attached hydrogens (tertiary/aromatic N) is 3. The van der Waals surface area contributed by atoms with Crippen molar-refractivity contribution in [1.29, 1.82) is 0 Å². The van der Waals surface area contributed by atoms with Crippen LogP contribution in [0.25, 0.3) is 0 Å². The summed E-state index contributed by atoms with van der Waals surface area (Å²) in [5.74, 6) is -2.00. The number of hydrogen-bond donors (Lipinski definition) is 0. The van der Waals surface area contributed by atoms with Crippen LogP contribution < -0.4 is 9.77 Å². The first-order chi connectivity index (χ1) is 19.5. The highest BCUT2D eigenvalue weighted by Crippen LogP contribution is 2.54. The van der Waals surface area contributed by atoms with E-state index in [-0.39, 0.29) is 34.6 Å². The van der Waals surface area contributed by atoms with Crippen molar-refractivity contribution in [2.24, 2.45) is 5.92 Å². The minimum Gasteiger partial charge on any atom is -0.378 e. The number of carbonyl (C=O) groups excluding carboxylic acids is 3. The van der Waals surface area contributed by atoms with Gasteiger partial charge in [-0.2, -0.15) is 0 Å². The van der Waals surface area contributed by atoms with Crippen LogP contribution in [0.5, 0.6) is 0 Å². The largest absolute Gasteiger partial charge is 0.378 e. The minimum absolute atomic E-state index is 0.0623. The Morgan fingerprint density at radius 1 is 0.976 bits per heavy atom. The molecule has 214 valence electrons. The number of thiazole rings is 1. The Kier molecular flexibility index (Phi) is 7.38. The van der Waals surface area contributed by atoms with Crippen LogP contribution in [0, 0.1) is 5.92 Å². The third-order valence-corrected chi connectivity index (χ3v) is 10.8. The lowest BCUT2D eigenvalue weighted by Gasteiger charge is -2.31. The van der Waals surface area contributed by atoms with Crippen LogP contribution in [0.2, 0.25) is 5.02 Å².